The normalized spacial score (nSPS) is 31.9. The van der Waals surface area contributed by atoms with E-state index in [1.807, 2.05) is 0 Å². The van der Waals surface area contributed by atoms with E-state index in [1.165, 1.54) is 49.0 Å². The minimum Gasteiger partial charge on any atom is -0.347 e. The zero-order valence-corrected chi connectivity index (χ0v) is 17.1. The van der Waals surface area contributed by atoms with Gasteiger partial charge < -0.3 is 5.32 Å². The van der Waals surface area contributed by atoms with E-state index in [-0.39, 0.29) is 11.4 Å². The van der Waals surface area contributed by atoms with E-state index in [0.29, 0.717) is 11.3 Å². The average molecular weight is 392 g/mol. The van der Waals surface area contributed by atoms with Gasteiger partial charge in [0.25, 0.3) is 5.91 Å². The van der Waals surface area contributed by atoms with Crippen LogP contribution in [0.3, 0.4) is 0 Å². The molecule has 0 atom stereocenters. The first kappa shape index (κ1) is 18.7. The fourth-order valence-corrected chi connectivity index (χ4v) is 6.66. The van der Waals surface area contributed by atoms with Crippen molar-refractivity contribution >= 4 is 21.8 Å². The van der Waals surface area contributed by atoms with Gasteiger partial charge in [0.15, 0.2) is 0 Å². The molecule has 0 unspecified atom stereocenters. The smallest absolute Gasteiger partial charge is 0.303 e. The summed E-state index contributed by atoms with van der Waals surface area (Å²) in [7, 11) is 0.979. The highest BCUT2D eigenvalue weighted by Crippen LogP contribution is 2.55. The van der Waals surface area contributed by atoms with Crippen molar-refractivity contribution in [1.29, 1.82) is 0 Å². The number of benzene rings is 1. The number of carbonyl (C=O) groups excluding carboxylic acids is 1. The summed E-state index contributed by atoms with van der Waals surface area (Å²) in [4.78, 5) is 12.9. The predicted octanol–water partition coefficient (Wildman–Crippen LogP) is 2.63. The molecule has 1 N–H and O–H groups in total. The summed E-state index contributed by atoms with van der Waals surface area (Å²) < 4.78 is 26.9. The Balaban J connectivity index is 1.47. The van der Waals surface area contributed by atoms with Gasteiger partial charge in [-0.05, 0) is 80.5 Å². The summed E-state index contributed by atoms with van der Waals surface area (Å²) in [5.41, 5.74) is 1.11. The maximum atomic E-state index is 12.9. The molecule has 1 amide bonds. The van der Waals surface area contributed by atoms with Gasteiger partial charge >= 0.3 is 10.2 Å². The van der Waals surface area contributed by atoms with E-state index in [4.69, 9.17) is 0 Å². The van der Waals surface area contributed by atoms with Crippen LogP contribution in [0.15, 0.2) is 24.3 Å². The molecule has 0 spiro atoms. The van der Waals surface area contributed by atoms with Gasteiger partial charge in [-0.3, -0.25) is 9.10 Å². The first-order chi connectivity index (χ1) is 12.7. The zero-order chi connectivity index (χ0) is 19.4. The number of amides is 1. The van der Waals surface area contributed by atoms with Gasteiger partial charge in [0.1, 0.15) is 0 Å². The largest absolute Gasteiger partial charge is 0.347 e. The van der Waals surface area contributed by atoms with Crippen LogP contribution in [0, 0.1) is 17.8 Å². The molecule has 1 aromatic rings. The molecule has 4 fully saturated rings. The van der Waals surface area contributed by atoms with Gasteiger partial charge in [0, 0.05) is 32.2 Å². The van der Waals surface area contributed by atoms with Crippen molar-refractivity contribution in [3.8, 4) is 0 Å². The summed E-state index contributed by atoms with van der Waals surface area (Å²) in [6, 6.07) is 6.81. The second-order valence-electron chi connectivity index (χ2n) is 8.96. The third-order valence-corrected chi connectivity index (χ3v) is 8.54. The molecule has 27 heavy (non-hydrogen) atoms. The molecule has 1 aromatic carbocycles. The van der Waals surface area contributed by atoms with Gasteiger partial charge in [-0.1, -0.05) is 0 Å². The van der Waals surface area contributed by atoms with E-state index in [9.17, 15) is 13.2 Å². The molecule has 4 aliphatic carbocycles. The van der Waals surface area contributed by atoms with Crippen LogP contribution >= 0.6 is 0 Å². The molecule has 0 radical (unpaired) electrons. The molecule has 4 saturated carbocycles. The number of rotatable bonds is 5. The summed E-state index contributed by atoms with van der Waals surface area (Å²) in [6.07, 6.45) is 7.38. The van der Waals surface area contributed by atoms with Crippen molar-refractivity contribution in [3.63, 3.8) is 0 Å². The van der Waals surface area contributed by atoms with Gasteiger partial charge in [-0.15, -0.1) is 0 Å². The molecule has 5 rings (SSSR count). The van der Waals surface area contributed by atoms with E-state index in [1.54, 1.807) is 24.3 Å². The van der Waals surface area contributed by atoms with Crippen LogP contribution in [0.4, 0.5) is 5.69 Å². The van der Waals surface area contributed by atoms with Crippen molar-refractivity contribution in [1.82, 2.24) is 9.62 Å². The monoisotopic (exact) mass is 391 g/mol. The molecule has 0 aromatic heterocycles. The average Bonchev–Trinajstić information content (AvgIpc) is 2.59. The van der Waals surface area contributed by atoms with Crippen LogP contribution in [-0.4, -0.2) is 45.3 Å². The molecule has 7 heteroatoms. The predicted molar refractivity (Wildman–Crippen MR) is 106 cm³/mol. The third-order valence-electron chi connectivity index (χ3n) is 6.72. The summed E-state index contributed by atoms with van der Waals surface area (Å²) >= 11 is 0. The molecule has 0 aliphatic heterocycles. The standard InChI is InChI=1S/C20H29N3O3S/c1-22(2)27(25,26)23(3)18-6-4-17(5-7-18)19(24)21-20-11-14-8-15(12-20)10-16(9-14)13-20/h4-7,14-16H,8-13H2,1-3H3,(H,21,24). The second-order valence-corrected chi connectivity index (χ2v) is 11.1. The van der Waals surface area contributed by atoms with Crippen LogP contribution in [0.2, 0.25) is 0 Å². The number of nitrogens with zero attached hydrogens (tertiary/aromatic N) is 2. The van der Waals surface area contributed by atoms with Gasteiger partial charge in [-0.25, -0.2) is 0 Å². The minimum absolute atomic E-state index is 0.0183. The Bertz CT molecular complexity index is 797. The van der Waals surface area contributed by atoms with Crippen LogP contribution in [0.5, 0.6) is 0 Å². The molecular formula is C20H29N3O3S. The van der Waals surface area contributed by atoms with Crippen LogP contribution in [0.25, 0.3) is 0 Å². The first-order valence-electron chi connectivity index (χ1n) is 9.77. The topological polar surface area (TPSA) is 69.7 Å². The number of carbonyl (C=O) groups is 1. The summed E-state index contributed by atoms with van der Waals surface area (Å²) in [5, 5.41) is 3.36. The van der Waals surface area contributed by atoms with Crippen molar-refractivity contribution in [3.05, 3.63) is 29.8 Å². The Kier molecular flexibility index (Phi) is 4.50. The van der Waals surface area contributed by atoms with E-state index in [2.05, 4.69) is 5.32 Å². The van der Waals surface area contributed by atoms with Crippen LogP contribution < -0.4 is 9.62 Å². The van der Waals surface area contributed by atoms with Crippen LogP contribution in [0.1, 0.15) is 48.9 Å². The molecule has 4 bridgehead atoms. The van der Waals surface area contributed by atoms with Gasteiger partial charge in [0.2, 0.25) is 0 Å². The number of nitrogens with one attached hydrogen (secondary N) is 1. The second kappa shape index (κ2) is 6.48. The van der Waals surface area contributed by atoms with Gasteiger partial charge in [-0.2, -0.15) is 12.7 Å². The third kappa shape index (κ3) is 3.36. The maximum Gasteiger partial charge on any atom is 0.303 e. The quantitative estimate of drug-likeness (QED) is 0.839. The lowest BCUT2D eigenvalue weighted by molar-refractivity contribution is -0.0167. The lowest BCUT2D eigenvalue weighted by Crippen LogP contribution is -2.59. The highest BCUT2D eigenvalue weighted by atomic mass is 32.2. The number of anilines is 1. The molecular weight excluding hydrogens is 362 g/mol. The molecule has 0 saturated heterocycles. The summed E-state index contributed by atoms with van der Waals surface area (Å²) in [6.45, 7) is 0. The summed E-state index contributed by atoms with van der Waals surface area (Å²) in [5.74, 6) is 2.30. The Morgan fingerprint density at radius 1 is 0.963 bits per heavy atom. The van der Waals surface area contributed by atoms with E-state index in [0.717, 1.165) is 37.0 Å². The van der Waals surface area contributed by atoms with Crippen molar-refractivity contribution in [2.45, 2.75) is 44.1 Å². The fraction of sp³-hybridized carbons (Fsp3) is 0.650. The SMILES string of the molecule is CN(C)S(=O)(=O)N(C)c1ccc(C(=O)NC23CC4CC(CC(C4)C2)C3)cc1. The van der Waals surface area contributed by atoms with E-state index < -0.39 is 10.2 Å². The van der Waals surface area contributed by atoms with Gasteiger partial charge in [0.05, 0.1) is 5.69 Å². The Labute approximate surface area is 162 Å². The molecule has 0 heterocycles. The highest BCUT2D eigenvalue weighted by Gasteiger charge is 2.51. The number of hydrogen-bond donors (Lipinski definition) is 1. The van der Waals surface area contributed by atoms with E-state index >= 15 is 0 Å². The lowest BCUT2D eigenvalue weighted by atomic mass is 9.53. The Morgan fingerprint density at radius 3 is 1.89 bits per heavy atom. The van der Waals surface area contributed by atoms with Crippen LogP contribution in [-0.2, 0) is 10.2 Å². The number of hydrogen-bond acceptors (Lipinski definition) is 3. The lowest BCUT2D eigenvalue weighted by Gasteiger charge is -2.56. The Morgan fingerprint density at radius 2 is 1.44 bits per heavy atom. The van der Waals surface area contributed by atoms with Crippen molar-refractivity contribution < 1.29 is 13.2 Å². The minimum atomic E-state index is -3.53. The molecule has 6 nitrogen and oxygen atoms in total. The Hall–Kier alpha value is -1.60. The van der Waals surface area contributed by atoms with Crippen molar-refractivity contribution in [2.24, 2.45) is 17.8 Å². The fourth-order valence-electron chi connectivity index (χ4n) is 5.78. The highest BCUT2D eigenvalue weighted by molar-refractivity contribution is 7.90. The maximum absolute atomic E-state index is 12.9. The molecule has 4 aliphatic rings. The molecule has 148 valence electrons. The van der Waals surface area contributed by atoms with Crippen molar-refractivity contribution in [2.75, 3.05) is 25.4 Å². The first-order valence-corrected chi connectivity index (χ1v) is 11.2. The zero-order valence-electron chi connectivity index (χ0n) is 16.3.